The maximum Gasteiger partial charge on any atom is 0.362 e. The van der Waals surface area contributed by atoms with Crippen molar-refractivity contribution in [1.82, 2.24) is 14.2 Å². The van der Waals surface area contributed by atoms with E-state index in [1.807, 2.05) is 28.8 Å². The van der Waals surface area contributed by atoms with Gasteiger partial charge in [0.15, 0.2) is 0 Å². The molecular weight excluding hydrogens is 338 g/mol. The van der Waals surface area contributed by atoms with Crippen LogP contribution in [-0.2, 0) is 0 Å². The van der Waals surface area contributed by atoms with E-state index in [-0.39, 0.29) is 11.7 Å². The Labute approximate surface area is 161 Å². The summed E-state index contributed by atoms with van der Waals surface area (Å²) < 4.78 is 3.39. The third-order valence-corrected chi connectivity index (χ3v) is 6.59. The number of likely N-dealkylation sites (tertiary alicyclic amines) is 1. The van der Waals surface area contributed by atoms with Crippen LogP contribution in [0.2, 0.25) is 0 Å². The minimum atomic E-state index is -0.0443. The second-order valence-electron chi connectivity index (χ2n) is 8.36. The molecule has 2 aliphatic rings. The summed E-state index contributed by atoms with van der Waals surface area (Å²) in [7, 11) is 1.57. The van der Waals surface area contributed by atoms with Crippen molar-refractivity contribution < 1.29 is 4.84 Å². The first-order chi connectivity index (χ1) is 13.3. The SMILES string of the molecule is COn1c(=O)n(C2CCN(CC3CCCCCCC3)CC2)c2ccccc21. The van der Waals surface area contributed by atoms with Crippen molar-refractivity contribution in [2.45, 2.75) is 63.8 Å². The van der Waals surface area contributed by atoms with Crippen LogP contribution in [0.4, 0.5) is 0 Å². The number of imidazole rings is 1. The topological polar surface area (TPSA) is 39.4 Å². The Kier molecular flexibility index (Phi) is 5.86. The number of hydrogen-bond acceptors (Lipinski definition) is 3. The molecule has 1 aromatic carbocycles. The van der Waals surface area contributed by atoms with Crippen molar-refractivity contribution in [3.05, 3.63) is 34.7 Å². The molecule has 0 atom stereocenters. The zero-order valence-corrected chi connectivity index (χ0v) is 16.6. The molecule has 1 aromatic heterocycles. The van der Waals surface area contributed by atoms with Crippen molar-refractivity contribution in [3.63, 3.8) is 0 Å². The van der Waals surface area contributed by atoms with Gasteiger partial charge in [-0.05, 0) is 43.7 Å². The first-order valence-electron chi connectivity index (χ1n) is 10.8. The summed E-state index contributed by atoms with van der Waals surface area (Å²) in [6.45, 7) is 3.45. The fourth-order valence-electron chi connectivity index (χ4n) is 5.12. The Balaban J connectivity index is 1.43. The maximum absolute atomic E-state index is 12.9. The van der Waals surface area contributed by atoms with Crippen LogP contribution in [0.15, 0.2) is 29.1 Å². The van der Waals surface area contributed by atoms with Gasteiger partial charge in [0.2, 0.25) is 0 Å². The average Bonchev–Trinajstić information content (AvgIpc) is 2.95. The van der Waals surface area contributed by atoms with Crippen LogP contribution in [-0.4, -0.2) is 40.9 Å². The Morgan fingerprint density at radius 3 is 2.22 bits per heavy atom. The molecule has 1 aliphatic carbocycles. The van der Waals surface area contributed by atoms with Crippen molar-refractivity contribution in [1.29, 1.82) is 0 Å². The van der Waals surface area contributed by atoms with Crippen LogP contribution in [0, 0.1) is 5.92 Å². The van der Waals surface area contributed by atoms with E-state index in [2.05, 4.69) is 4.90 Å². The molecule has 5 nitrogen and oxygen atoms in total. The number of piperidine rings is 1. The number of para-hydroxylation sites is 2. The Bertz CT molecular complexity index is 793. The first-order valence-corrected chi connectivity index (χ1v) is 10.8. The lowest BCUT2D eigenvalue weighted by molar-refractivity contribution is 0.141. The van der Waals surface area contributed by atoms with E-state index in [0.717, 1.165) is 42.9 Å². The molecule has 0 spiro atoms. The van der Waals surface area contributed by atoms with Crippen molar-refractivity contribution in [3.8, 4) is 0 Å². The molecule has 148 valence electrons. The Hall–Kier alpha value is -1.75. The fraction of sp³-hybridized carbons (Fsp3) is 0.682. The molecule has 0 amide bonds. The highest BCUT2D eigenvalue weighted by atomic mass is 16.7. The van der Waals surface area contributed by atoms with Gasteiger partial charge in [0.05, 0.1) is 5.52 Å². The van der Waals surface area contributed by atoms with Crippen LogP contribution < -0.4 is 10.5 Å². The number of benzene rings is 1. The third-order valence-electron chi connectivity index (χ3n) is 6.59. The molecule has 2 aromatic rings. The van der Waals surface area contributed by atoms with E-state index in [1.54, 1.807) is 7.11 Å². The predicted molar refractivity (Wildman–Crippen MR) is 109 cm³/mol. The second-order valence-corrected chi connectivity index (χ2v) is 8.36. The van der Waals surface area contributed by atoms with Crippen molar-refractivity contribution in [2.24, 2.45) is 5.92 Å². The minimum absolute atomic E-state index is 0.0443. The van der Waals surface area contributed by atoms with Gasteiger partial charge >= 0.3 is 5.69 Å². The lowest BCUT2D eigenvalue weighted by Crippen LogP contribution is -2.40. The van der Waals surface area contributed by atoms with Crippen LogP contribution in [0.1, 0.15) is 63.8 Å². The summed E-state index contributed by atoms with van der Waals surface area (Å²) in [6.07, 6.45) is 12.0. The molecule has 0 radical (unpaired) electrons. The molecule has 4 rings (SSSR count). The smallest absolute Gasteiger partial charge is 0.362 e. The lowest BCUT2D eigenvalue weighted by atomic mass is 9.90. The van der Waals surface area contributed by atoms with Crippen LogP contribution in [0.5, 0.6) is 0 Å². The number of fused-ring (bicyclic) bond motifs is 1. The van der Waals surface area contributed by atoms with Crippen molar-refractivity contribution >= 4 is 11.0 Å². The van der Waals surface area contributed by atoms with Gasteiger partial charge in [-0.25, -0.2) is 4.79 Å². The fourth-order valence-corrected chi connectivity index (χ4v) is 5.12. The normalized spacial score (nSPS) is 21.2. The maximum atomic E-state index is 12.9. The number of nitrogens with zero attached hydrogens (tertiary/aromatic N) is 3. The molecule has 1 aliphatic heterocycles. The molecule has 1 saturated heterocycles. The van der Waals surface area contributed by atoms with Gasteiger partial charge in [0.25, 0.3) is 0 Å². The van der Waals surface area contributed by atoms with Crippen LogP contribution in [0.25, 0.3) is 11.0 Å². The van der Waals surface area contributed by atoms with E-state index < -0.39 is 0 Å². The molecule has 0 bridgehead atoms. The van der Waals surface area contributed by atoms with Gasteiger partial charge in [0.1, 0.15) is 12.6 Å². The van der Waals surface area contributed by atoms with Gasteiger partial charge in [-0.15, -0.1) is 4.73 Å². The average molecular weight is 372 g/mol. The summed E-state index contributed by atoms with van der Waals surface area (Å²) >= 11 is 0. The van der Waals surface area contributed by atoms with Crippen molar-refractivity contribution in [2.75, 3.05) is 26.7 Å². The van der Waals surface area contributed by atoms with Gasteiger partial charge in [-0.1, -0.05) is 44.2 Å². The molecule has 1 saturated carbocycles. The predicted octanol–water partition coefficient (Wildman–Crippen LogP) is 3.86. The van der Waals surface area contributed by atoms with Gasteiger partial charge < -0.3 is 9.74 Å². The van der Waals surface area contributed by atoms with Gasteiger partial charge in [-0.2, -0.15) is 0 Å². The molecule has 0 unspecified atom stereocenters. The monoisotopic (exact) mass is 371 g/mol. The Morgan fingerprint density at radius 1 is 0.926 bits per heavy atom. The van der Waals surface area contributed by atoms with E-state index >= 15 is 0 Å². The zero-order chi connectivity index (χ0) is 18.6. The molecule has 5 heteroatoms. The molecule has 0 N–H and O–H groups in total. The molecule has 27 heavy (non-hydrogen) atoms. The molecule has 2 heterocycles. The number of hydrogen-bond donors (Lipinski definition) is 0. The Morgan fingerprint density at radius 2 is 1.56 bits per heavy atom. The summed E-state index contributed by atoms with van der Waals surface area (Å²) in [5, 5.41) is 0. The summed E-state index contributed by atoms with van der Waals surface area (Å²) in [6, 6.07) is 8.22. The largest absolute Gasteiger partial charge is 0.412 e. The standard InChI is InChI=1S/C22H33N3O2/c1-27-25-21-12-8-7-11-20(21)24(22(25)26)19-13-15-23(16-14-19)17-18-9-5-3-2-4-6-10-18/h7-8,11-12,18-19H,2-6,9-10,13-17H2,1H3. The van der Waals surface area contributed by atoms with Crippen LogP contribution >= 0.6 is 0 Å². The highest BCUT2D eigenvalue weighted by Gasteiger charge is 2.26. The highest BCUT2D eigenvalue weighted by molar-refractivity contribution is 5.75. The zero-order valence-electron chi connectivity index (χ0n) is 16.6. The highest BCUT2D eigenvalue weighted by Crippen LogP contribution is 2.28. The number of rotatable bonds is 4. The quantitative estimate of drug-likeness (QED) is 0.819. The van der Waals surface area contributed by atoms with Gasteiger partial charge in [-0.3, -0.25) is 4.57 Å². The molecular formula is C22H33N3O2. The lowest BCUT2D eigenvalue weighted by Gasteiger charge is -2.35. The van der Waals surface area contributed by atoms with E-state index in [0.29, 0.717) is 0 Å². The first kappa shape index (κ1) is 18.6. The molecule has 2 fully saturated rings. The second kappa shape index (κ2) is 8.51. The van der Waals surface area contributed by atoms with E-state index in [4.69, 9.17) is 4.84 Å². The van der Waals surface area contributed by atoms with Gasteiger partial charge in [0, 0.05) is 25.7 Å². The van der Waals surface area contributed by atoms with E-state index in [9.17, 15) is 4.79 Å². The summed E-state index contributed by atoms with van der Waals surface area (Å²) in [5.41, 5.74) is 1.81. The third kappa shape index (κ3) is 3.93. The number of aromatic nitrogens is 2. The minimum Gasteiger partial charge on any atom is -0.412 e. The van der Waals surface area contributed by atoms with E-state index in [1.165, 1.54) is 56.2 Å². The van der Waals surface area contributed by atoms with Crippen LogP contribution in [0.3, 0.4) is 0 Å². The summed E-state index contributed by atoms with van der Waals surface area (Å²) in [5.74, 6) is 0.875. The summed E-state index contributed by atoms with van der Waals surface area (Å²) in [4.78, 5) is 20.9.